The highest BCUT2D eigenvalue weighted by Crippen LogP contribution is 2.31. The lowest BCUT2D eigenvalue weighted by Crippen LogP contribution is -2.35. The van der Waals surface area contributed by atoms with Gasteiger partial charge in [0.05, 0.1) is 36.7 Å². The summed E-state index contributed by atoms with van der Waals surface area (Å²) in [5.41, 5.74) is 12.7. The van der Waals surface area contributed by atoms with Gasteiger partial charge in [-0.15, -0.1) is 5.10 Å². The summed E-state index contributed by atoms with van der Waals surface area (Å²) in [7, 11) is 0. The standard InChI is InChI=1S/C24H27F3N10O/c25-24(26,27)16-3-1-15(2-4-16)18-13-21-33-20(14-36-9-11-38-12-10-36)35-37(21)23(32-18)31-8-7-30-19-6-5-17(28)22(29)34-19/h1-6,13H,7-12,14,28H2,(H,31,32)(H3,29,30,34). The Morgan fingerprint density at radius 3 is 2.37 bits per heavy atom. The lowest BCUT2D eigenvalue weighted by molar-refractivity contribution is -0.137. The SMILES string of the molecule is Nc1ccc(NCCNc2nc(-c3ccc(C(F)(F)F)cc3)cc3nc(CN4CCOCC4)nn23)nc1N. The van der Waals surface area contributed by atoms with E-state index in [1.165, 1.54) is 12.1 Å². The van der Waals surface area contributed by atoms with Gasteiger partial charge in [-0.05, 0) is 24.3 Å². The molecule has 4 aromatic rings. The van der Waals surface area contributed by atoms with Crippen molar-refractivity contribution in [3.63, 3.8) is 0 Å². The average Bonchev–Trinajstić information content (AvgIpc) is 3.31. The first-order valence-electron chi connectivity index (χ1n) is 12.0. The Labute approximate surface area is 216 Å². The number of aromatic nitrogens is 5. The van der Waals surface area contributed by atoms with E-state index in [4.69, 9.17) is 16.2 Å². The Morgan fingerprint density at radius 2 is 1.66 bits per heavy atom. The first-order valence-corrected chi connectivity index (χ1v) is 12.0. The van der Waals surface area contributed by atoms with Crippen molar-refractivity contribution in [2.45, 2.75) is 12.7 Å². The maximum Gasteiger partial charge on any atom is 0.416 e. The van der Waals surface area contributed by atoms with E-state index in [9.17, 15) is 13.2 Å². The molecule has 38 heavy (non-hydrogen) atoms. The van der Waals surface area contributed by atoms with Gasteiger partial charge < -0.3 is 26.8 Å². The molecule has 0 amide bonds. The second-order valence-corrected chi connectivity index (χ2v) is 8.75. The molecule has 0 atom stereocenters. The number of benzene rings is 1. The molecule has 11 nitrogen and oxygen atoms in total. The summed E-state index contributed by atoms with van der Waals surface area (Å²) >= 11 is 0. The van der Waals surface area contributed by atoms with Crippen LogP contribution in [0.1, 0.15) is 11.4 Å². The fourth-order valence-corrected chi connectivity index (χ4v) is 4.00. The van der Waals surface area contributed by atoms with Crippen molar-refractivity contribution in [1.82, 2.24) is 29.5 Å². The van der Waals surface area contributed by atoms with Gasteiger partial charge in [0.25, 0.3) is 0 Å². The monoisotopic (exact) mass is 528 g/mol. The van der Waals surface area contributed by atoms with Crippen LogP contribution in [0.5, 0.6) is 0 Å². The molecule has 0 saturated carbocycles. The third kappa shape index (κ3) is 5.86. The number of hydrogen-bond acceptors (Lipinski definition) is 10. The second kappa shape index (κ2) is 10.7. The number of nitrogen functional groups attached to an aromatic ring is 2. The maximum absolute atomic E-state index is 13.0. The number of anilines is 4. The van der Waals surface area contributed by atoms with Crippen LogP contribution in [0.2, 0.25) is 0 Å². The highest BCUT2D eigenvalue weighted by Gasteiger charge is 2.30. The molecule has 1 fully saturated rings. The third-order valence-electron chi connectivity index (χ3n) is 6.02. The van der Waals surface area contributed by atoms with Crippen molar-refractivity contribution in [2.24, 2.45) is 0 Å². The highest BCUT2D eigenvalue weighted by molar-refractivity contribution is 5.66. The number of ether oxygens (including phenoxy) is 1. The molecule has 1 aromatic carbocycles. The number of rotatable bonds is 8. The molecule has 0 spiro atoms. The van der Waals surface area contributed by atoms with Gasteiger partial charge >= 0.3 is 6.18 Å². The first-order chi connectivity index (χ1) is 18.3. The van der Waals surface area contributed by atoms with E-state index in [1.807, 2.05) is 0 Å². The number of nitrogens with one attached hydrogen (secondary N) is 2. The molecule has 0 bridgehead atoms. The van der Waals surface area contributed by atoms with E-state index in [0.29, 0.717) is 73.0 Å². The molecule has 200 valence electrons. The number of morpholine rings is 1. The second-order valence-electron chi connectivity index (χ2n) is 8.75. The van der Waals surface area contributed by atoms with Gasteiger partial charge in [0.15, 0.2) is 11.5 Å². The zero-order valence-corrected chi connectivity index (χ0v) is 20.4. The molecule has 14 heteroatoms. The molecule has 6 N–H and O–H groups in total. The van der Waals surface area contributed by atoms with Crippen LogP contribution in [-0.4, -0.2) is 68.9 Å². The van der Waals surface area contributed by atoms with Crippen LogP contribution in [0.15, 0.2) is 42.5 Å². The number of hydrogen-bond donors (Lipinski definition) is 4. The van der Waals surface area contributed by atoms with Crippen LogP contribution < -0.4 is 22.1 Å². The van der Waals surface area contributed by atoms with Gasteiger partial charge in [-0.2, -0.15) is 17.7 Å². The quantitative estimate of drug-likeness (QED) is 0.252. The van der Waals surface area contributed by atoms with E-state index in [2.05, 4.69) is 35.6 Å². The first kappa shape index (κ1) is 25.5. The Balaban J connectivity index is 1.38. The summed E-state index contributed by atoms with van der Waals surface area (Å²) in [6.45, 7) is 4.33. The van der Waals surface area contributed by atoms with Crippen molar-refractivity contribution in [1.29, 1.82) is 0 Å². The lowest BCUT2D eigenvalue weighted by Gasteiger charge is -2.25. The predicted molar refractivity (Wildman–Crippen MR) is 137 cm³/mol. The summed E-state index contributed by atoms with van der Waals surface area (Å²) in [6.07, 6.45) is -4.42. The molecule has 0 aliphatic carbocycles. The summed E-state index contributed by atoms with van der Waals surface area (Å²) in [6, 6.07) is 9.98. The van der Waals surface area contributed by atoms with E-state index in [1.54, 1.807) is 22.7 Å². The van der Waals surface area contributed by atoms with E-state index in [0.717, 1.165) is 25.2 Å². The highest BCUT2D eigenvalue weighted by atomic mass is 19.4. The minimum absolute atomic E-state index is 0.242. The van der Waals surface area contributed by atoms with Gasteiger partial charge in [-0.3, -0.25) is 4.90 Å². The fraction of sp³-hybridized carbons (Fsp3) is 0.333. The molecule has 0 radical (unpaired) electrons. The summed E-state index contributed by atoms with van der Waals surface area (Å²) < 4.78 is 46.1. The number of nitrogens with two attached hydrogens (primary N) is 2. The van der Waals surface area contributed by atoms with Crippen LogP contribution in [0.25, 0.3) is 16.9 Å². The van der Waals surface area contributed by atoms with Crippen LogP contribution in [0, 0.1) is 0 Å². The fourth-order valence-electron chi connectivity index (χ4n) is 4.00. The van der Waals surface area contributed by atoms with Gasteiger partial charge in [-0.25, -0.2) is 15.0 Å². The van der Waals surface area contributed by atoms with Crippen LogP contribution >= 0.6 is 0 Å². The zero-order valence-electron chi connectivity index (χ0n) is 20.4. The largest absolute Gasteiger partial charge is 0.416 e. The Bertz CT molecular complexity index is 1400. The predicted octanol–water partition coefficient (Wildman–Crippen LogP) is 2.73. The Kier molecular flexibility index (Phi) is 7.15. The van der Waals surface area contributed by atoms with Gasteiger partial charge in [0.2, 0.25) is 5.95 Å². The molecule has 1 aliphatic heterocycles. The third-order valence-corrected chi connectivity index (χ3v) is 6.02. The van der Waals surface area contributed by atoms with Crippen molar-refractivity contribution in [3.05, 3.63) is 53.9 Å². The van der Waals surface area contributed by atoms with Crippen molar-refractivity contribution in [2.75, 3.05) is 61.5 Å². The Morgan fingerprint density at radius 1 is 0.921 bits per heavy atom. The zero-order chi connectivity index (χ0) is 26.7. The maximum atomic E-state index is 13.0. The number of pyridine rings is 1. The normalized spacial score (nSPS) is 14.6. The van der Waals surface area contributed by atoms with Gasteiger partial charge in [-0.1, -0.05) is 12.1 Å². The summed E-state index contributed by atoms with van der Waals surface area (Å²) in [5.74, 6) is 1.83. The van der Waals surface area contributed by atoms with Gasteiger partial charge in [0.1, 0.15) is 11.6 Å². The number of halogens is 3. The van der Waals surface area contributed by atoms with Crippen molar-refractivity contribution < 1.29 is 17.9 Å². The number of nitrogens with zero attached hydrogens (tertiary/aromatic N) is 6. The molecule has 1 aliphatic rings. The molecule has 3 aromatic heterocycles. The minimum Gasteiger partial charge on any atom is -0.396 e. The molecular formula is C24H27F3N10O. The minimum atomic E-state index is -4.42. The molecule has 1 saturated heterocycles. The van der Waals surface area contributed by atoms with Crippen LogP contribution in [0.4, 0.5) is 36.4 Å². The van der Waals surface area contributed by atoms with E-state index >= 15 is 0 Å². The molecular weight excluding hydrogens is 501 g/mol. The molecule has 4 heterocycles. The number of alkyl halides is 3. The Hall–Kier alpha value is -4.17. The number of fused-ring (bicyclic) bond motifs is 1. The summed E-state index contributed by atoms with van der Waals surface area (Å²) in [4.78, 5) is 15.7. The summed E-state index contributed by atoms with van der Waals surface area (Å²) in [5, 5.41) is 11.0. The van der Waals surface area contributed by atoms with Crippen LogP contribution in [0.3, 0.4) is 0 Å². The van der Waals surface area contributed by atoms with Gasteiger partial charge in [0, 0.05) is 37.8 Å². The smallest absolute Gasteiger partial charge is 0.396 e. The van der Waals surface area contributed by atoms with E-state index < -0.39 is 11.7 Å². The lowest BCUT2D eigenvalue weighted by atomic mass is 10.1. The molecule has 0 unspecified atom stereocenters. The molecule has 5 rings (SSSR count). The average molecular weight is 529 g/mol. The van der Waals surface area contributed by atoms with Crippen molar-refractivity contribution in [3.8, 4) is 11.3 Å². The topological polar surface area (TPSA) is 145 Å². The van der Waals surface area contributed by atoms with Crippen LogP contribution in [-0.2, 0) is 17.5 Å². The van der Waals surface area contributed by atoms with Crippen molar-refractivity contribution >= 4 is 28.9 Å². The van der Waals surface area contributed by atoms with E-state index in [-0.39, 0.29) is 5.82 Å².